The lowest BCUT2D eigenvalue weighted by atomic mass is 10.1. The Labute approximate surface area is 147 Å². The molecule has 0 saturated carbocycles. The van der Waals surface area contributed by atoms with Gasteiger partial charge < -0.3 is 15.4 Å². The number of benzene rings is 2. The molecule has 1 fully saturated rings. The summed E-state index contributed by atoms with van der Waals surface area (Å²) in [4.78, 5) is 24.6. The van der Waals surface area contributed by atoms with E-state index in [9.17, 15) is 9.59 Å². The largest absolute Gasteiger partial charge is 0.376 e. The second kappa shape index (κ2) is 7.94. The highest BCUT2D eigenvalue weighted by Gasteiger charge is 2.17. The topological polar surface area (TPSA) is 67.4 Å². The number of nitrogens with one attached hydrogen (secondary N) is 2. The Morgan fingerprint density at radius 1 is 1.08 bits per heavy atom. The highest BCUT2D eigenvalue weighted by Crippen LogP contribution is 2.14. The zero-order valence-corrected chi connectivity index (χ0v) is 14.2. The first-order chi connectivity index (χ1) is 12.1. The van der Waals surface area contributed by atoms with Gasteiger partial charge in [-0.2, -0.15) is 0 Å². The molecule has 0 aromatic heterocycles. The van der Waals surface area contributed by atoms with Crippen molar-refractivity contribution in [2.24, 2.45) is 0 Å². The molecule has 0 aliphatic carbocycles. The molecule has 3 rings (SSSR count). The van der Waals surface area contributed by atoms with Gasteiger partial charge in [0.2, 0.25) is 0 Å². The molecule has 1 aliphatic rings. The molecule has 0 bridgehead atoms. The number of carbonyl (C=O) groups is 2. The summed E-state index contributed by atoms with van der Waals surface area (Å²) in [5, 5.41) is 5.72. The van der Waals surface area contributed by atoms with Gasteiger partial charge in [-0.3, -0.25) is 9.59 Å². The standard InChI is InChI=1S/C20H22N2O3/c1-14-5-2-6-15(11-14)20(24)22-17-8-3-7-16(12-17)19(23)21-13-18-9-4-10-25-18/h2-3,5-8,11-12,18H,4,9-10,13H2,1H3,(H,21,23)(H,22,24). The molecule has 2 aromatic rings. The quantitative estimate of drug-likeness (QED) is 0.880. The van der Waals surface area contributed by atoms with Crippen molar-refractivity contribution in [2.75, 3.05) is 18.5 Å². The van der Waals surface area contributed by atoms with Gasteiger partial charge in [-0.1, -0.05) is 23.8 Å². The number of rotatable bonds is 5. The van der Waals surface area contributed by atoms with Crippen molar-refractivity contribution >= 4 is 17.5 Å². The fourth-order valence-electron chi connectivity index (χ4n) is 2.84. The van der Waals surface area contributed by atoms with Gasteiger partial charge in [0, 0.05) is 30.0 Å². The lowest BCUT2D eigenvalue weighted by molar-refractivity contribution is 0.0857. The minimum absolute atomic E-state index is 0.105. The highest BCUT2D eigenvalue weighted by atomic mass is 16.5. The summed E-state index contributed by atoms with van der Waals surface area (Å²) in [5.41, 5.74) is 2.72. The Hall–Kier alpha value is -2.66. The van der Waals surface area contributed by atoms with E-state index in [4.69, 9.17) is 4.74 Å². The van der Waals surface area contributed by atoms with Crippen molar-refractivity contribution < 1.29 is 14.3 Å². The summed E-state index contributed by atoms with van der Waals surface area (Å²) in [6, 6.07) is 14.3. The Morgan fingerprint density at radius 3 is 2.56 bits per heavy atom. The number of aryl methyl sites for hydroxylation is 1. The maximum Gasteiger partial charge on any atom is 0.255 e. The first-order valence-corrected chi connectivity index (χ1v) is 8.50. The molecular formula is C20H22N2O3. The van der Waals surface area contributed by atoms with E-state index < -0.39 is 0 Å². The van der Waals surface area contributed by atoms with Crippen molar-refractivity contribution in [1.82, 2.24) is 5.32 Å². The Bertz CT molecular complexity index is 767. The van der Waals surface area contributed by atoms with Gasteiger partial charge in [-0.25, -0.2) is 0 Å². The van der Waals surface area contributed by atoms with Crippen LogP contribution in [-0.4, -0.2) is 31.1 Å². The maximum absolute atomic E-state index is 12.3. The van der Waals surface area contributed by atoms with Crippen LogP contribution < -0.4 is 10.6 Å². The number of anilines is 1. The van der Waals surface area contributed by atoms with Crippen LogP contribution >= 0.6 is 0 Å². The predicted octanol–water partition coefficient (Wildman–Crippen LogP) is 3.16. The molecule has 1 atom stereocenters. The third-order valence-corrected chi connectivity index (χ3v) is 4.18. The van der Waals surface area contributed by atoms with Gasteiger partial charge in [0.05, 0.1) is 6.10 Å². The summed E-state index contributed by atoms with van der Waals surface area (Å²) in [7, 11) is 0. The molecule has 5 heteroatoms. The molecule has 1 heterocycles. The summed E-state index contributed by atoms with van der Waals surface area (Å²) in [5.74, 6) is -0.359. The molecule has 2 amide bonds. The average Bonchev–Trinajstić information content (AvgIpc) is 3.13. The molecule has 130 valence electrons. The Kier molecular flexibility index (Phi) is 5.46. The third kappa shape index (κ3) is 4.67. The molecule has 1 unspecified atom stereocenters. The van der Waals surface area contributed by atoms with Crippen LogP contribution in [0.5, 0.6) is 0 Å². The van der Waals surface area contributed by atoms with Gasteiger partial charge in [-0.15, -0.1) is 0 Å². The molecule has 25 heavy (non-hydrogen) atoms. The van der Waals surface area contributed by atoms with E-state index in [1.807, 2.05) is 25.1 Å². The van der Waals surface area contributed by atoms with Crippen LogP contribution in [0.4, 0.5) is 5.69 Å². The van der Waals surface area contributed by atoms with E-state index in [1.54, 1.807) is 30.3 Å². The van der Waals surface area contributed by atoms with Crippen molar-refractivity contribution in [3.8, 4) is 0 Å². The summed E-state index contributed by atoms with van der Waals surface area (Å²) in [6.07, 6.45) is 2.13. The van der Waals surface area contributed by atoms with Crippen LogP contribution in [0.25, 0.3) is 0 Å². The van der Waals surface area contributed by atoms with Crippen LogP contribution in [0.3, 0.4) is 0 Å². The van der Waals surface area contributed by atoms with E-state index in [-0.39, 0.29) is 17.9 Å². The number of ether oxygens (including phenoxy) is 1. The Balaban J connectivity index is 1.62. The summed E-state index contributed by atoms with van der Waals surface area (Å²) < 4.78 is 5.50. The van der Waals surface area contributed by atoms with Crippen LogP contribution in [0, 0.1) is 6.92 Å². The fourth-order valence-corrected chi connectivity index (χ4v) is 2.84. The fraction of sp³-hybridized carbons (Fsp3) is 0.300. The van der Waals surface area contributed by atoms with Crippen LogP contribution in [0.15, 0.2) is 48.5 Å². The van der Waals surface area contributed by atoms with Gasteiger partial charge in [0.1, 0.15) is 0 Å². The number of amides is 2. The first kappa shape index (κ1) is 17.2. The van der Waals surface area contributed by atoms with Gasteiger partial charge in [0.25, 0.3) is 11.8 Å². The molecule has 0 spiro atoms. The molecule has 2 aromatic carbocycles. The average molecular weight is 338 g/mol. The van der Waals surface area contributed by atoms with E-state index in [2.05, 4.69) is 10.6 Å². The molecule has 1 saturated heterocycles. The summed E-state index contributed by atoms with van der Waals surface area (Å²) >= 11 is 0. The van der Waals surface area contributed by atoms with Crippen molar-refractivity contribution in [3.63, 3.8) is 0 Å². The molecule has 2 N–H and O–H groups in total. The second-order valence-electron chi connectivity index (χ2n) is 6.25. The lowest BCUT2D eigenvalue weighted by Crippen LogP contribution is -2.31. The van der Waals surface area contributed by atoms with Crippen molar-refractivity contribution in [2.45, 2.75) is 25.9 Å². The minimum Gasteiger partial charge on any atom is -0.376 e. The highest BCUT2D eigenvalue weighted by molar-refractivity contribution is 6.05. The van der Waals surface area contributed by atoms with Crippen LogP contribution in [0.1, 0.15) is 39.1 Å². The smallest absolute Gasteiger partial charge is 0.255 e. The molecule has 1 aliphatic heterocycles. The van der Waals surface area contributed by atoms with Gasteiger partial charge in [0.15, 0.2) is 0 Å². The maximum atomic E-state index is 12.3. The second-order valence-corrected chi connectivity index (χ2v) is 6.25. The number of carbonyl (C=O) groups excluding carboxylic acids is 2. The molecular weight excluding hydrogens is 316 g/mol. The lowest BCUT2D eigenvalue weighted by Gasteiger charge is -2.12. The van der Waals surface area contributed by atoms with Gasteiger partial charge >= 0.3 is 0 Å². The molecule has 5 nitrogen and oxygen atoms in total. The Morgan fingerprint density at radius 2 is 1.84 bits per heavy atom. The number of hydrogen-bond acceptors (Lipinski definition) is 3. The van der Waals surface area contributed by atoms with E-state index in [1.165, 1.54) is 0 Å². The van der Waals surface area contributed by atoms with E-state index >= 15 is 0 Å². The van der Waals surface area contributed by atoms with Gasteiger partial charge in [-0.05, 0) is 50.1 Å². The SMILES string of the molecule is Cc1cccc(C(=O)Nc2cccc(C(=O)NCC3CCCO3)c2)c1. The predicted molar refractivity (Wildman–Crippen MR) is 96.9 cm³/mol. The minimum atomic E-state index is -0.194. The third-order valence-electron chi connectivity index (χ3n) is 4.18. The molecule has 0 radical (unpaired) electrons. The first-order valence-electron chi connectivity index (χ1n) is 8.50. The monoisotopic (exact) mass is 338 g/mol. The summed E-state index contributed by atoms with van der Waals surface area (Å²) in [6.45, 7) is 3.22. The van der Waals surface area contributed by atoms with Crippen LogP contribution in [0.2, 0.25) is 0 Å². The number of hydrogen-bond donors (Lipinski definition) is 2. The zero-order chi connectivity index (χ0) is 17.6. The van der Waals surface area contributed by atoms with E-state index in [0.29, 0.717) is 23.4 Å². The van der Waals surface area contributed by atoms with Crippen molar-refractivity contribution in [1.29, 1.82) is 0 Å². The van der Waals surface area contributed by atoms with Crippen molar-refractivity contribution in [3.05, 3.63) is 65.2 Å². The van der Waals surface area contributed by atoms with Crippen LogP contribution in [-0.2, 0) is 4.74 Å². The normalized spacial score (nSPS) is 16.4. The zero-order valence-electron chi connectivity index (χ0n) is 14.2. The van der Waals surface area contributed by atoms with E-state index in [0.717, 1.165) is 25.0 Å².